The molecule has 0 fully saturated rings. The van der Waals surface area contributed by atoms with Gasteiger partial charge in [-0.2, -0.15) is 0 Å². The first-order valence-corrected chi connectivity index (χ1v) is 5.79. The lowest BCUT2D eigenvalue weighted by Gasteiger charge is -2.13. The zero-order chi connectivity index (χ0) is 11.5. The molecule has 0 atom stereocenters. The summed E-state index contributed by atoms with van der Waals surface area (Å²) in [5.74, 6) is 0. The molecule has 0 aromatic carbocycles. The molecule has 7 heteroatoms. The number of nitrogens with one attached hydrogen (secondary N) is 1. The highest BCUT2D eigenvalue weighted by Gasteiger charge is 2.18. The molecular weight excluding hydrogens is 216 g/mol. The van der Waals surface area contributed by atoms with Crippen molar-refractivity contribution < 1.29 is 8.42 Å². The third kappa shape index (κ3) is 2.96. The van der Waals surface area contributed by atoms with Crippen LogP contribution in [0.5, 0.6) is 0 Å². The Hall–Kier alpha value is -1.02. The summed E-state index contributed by atoms with van der Waals surface area (Å²) in [5, 5.41) is 1.35. The topological polar surface area (TPSA) is 88.3 Å². The highest BCUT2D eigenvalue weighted by molar-refractivity contribution is 7.89. The van der Waals surface area contributed by atoms with Gasteiger partial charge >= 0.3 is 0 Å². The molecule has 1 aromatic heterocycles. The normalized spacial score (nSPS) is 12.0. The lowest BCUT2D eigenvalue weighted by molar-refractivity contribution is 0.363. The standard InChI is InChI=1S/C8H14N4O2S/c1-12(2)11-15(13,14)8-4-3-5-10-7(8)6-9/h3-5,11H,6,9H2,1-2H3. The van der Waals surface area contributed by atoms with Gasteiger partial charge in [-0.25, -0.2) is 13.4 Å². The average molecular weight is 230 g/mol. The minimum atomic E-state index is -3.57. The summed E-state index contributed by atoms with van der Waals surface area (Å²) in [5.41, 5.74) is 5.76. The van der Waals surface area contributed by atoms with Crippen LogP contribution < -0.4 is 10.6 Å². The molecule has 3 N–H and O–H groups in total. The van der Waals surface area contributed by atoms with E-state index in [0.717, 1.165) is 0 Å². The molecule has 1 heterocycles. The molecule has 1 rings (SSSR count). The maximum absolute atomic E-state index is 11.8. The zero-order valence-corrected chi connectivity index (χ0v) is 9.45. The van der Waals surface area contributed by atoms with Crippen molar-refractivity contribution in [3.05, 3.63) is 24.0 Å². The molecule has 0 spiro atoms. The van der Waals surface area contributed by atoms with Gasteiger partial charge in [-0.1, -0.05) is 0 Å². The number of sulfonamides is 1. The third-order valence-corrected chi connectivity index (χ3v) is 3.19. The number of hydrazine groups is 1. The van der Waals surface area contributed by atoms with Gasteiger partial charge in [0.1, 0.15) is 4.90 Å². The monoisotopic (exact) mass is 230 g/mol. The van der Waals surface area contributed by atoms with Crippen molar-refractivity contribution in [3.63, 3.8) is 0 Å². The summed E-state index contributed by atoms with van der Waals surface area (Å²) >= 11 is 0. The van der Waals surface area contributed by atoms with Crippen molar-refractivity contribution in [1.29, 1.82) is 0 Å². The molecule has 0 saturated carbocycles. The van der Waals surface area contributed by atoms with Crippen LogP contribution in [0.2, 0.25) is 0 Å². The van der Waals surface area contributed by atoms with Crippen LogP contribution in [-0.4, -0.2) is 32.5 Å². The van der Waals surface area contributed by atoms with Crippen LogP contribution in [0.4, 0.5) is 0 Å². The Morgan fingerprint density at radius 3 is 2.73 bits per heavy atom. The number of pyridine rings is 1. The molecule has 0 aliphatic carbocycles. The van der Waals surface area contributed by atoms with Crippen molar-refractivity contribution >= 4 is 10.0 Å². The Balaban J connectivity index is 3.15. The molecule has 0 unspecified atom stereocenters. The lowest BCUT2D eigenvalue weighted by Crippen LogP contribution is -2.36. The number of nitrogens with zero attached hydrogens (tertiary/aromatic N) is 2. The number of hydrogen-bond donors (Lipinski definition) is 2. The van der Waals surface area contributed by atoms with Gasteiger partial charge < -0.3 is 5.73 Å². The first kappa shape index (κ1) is 12.1. The van der Waals surface area contributed by atoms with E-state index < -0.39 is 10.0 Å². The summed E-state index contributed by atoms with van der Waals surface area (Å²) in [6, 6.07) is 3.03. The summed E-state index contributed by atoms with van der Waals surface area (Å²) in [6.45, 7) is 0.0878. The first-order valence-electron chi connectivity index (χ1n) is 4.31. The van der Waals surface area contributed by atoms with Crippen molar-refractivity contribution in [1.82, 2.24) is 14.8 Å². The average Bonchev–Trinajstić information content (AvgIpc) is 2.16. The molecule has 0 aliphatic rings. The predicted molar refractivity (Wildman–Crippen MR) is 56.1 cm³/mol. The number of rotatable bonds is 4. The summed E-state index contributed by atoms with van der Waals surface area (Å²) in [7, 11) is -0.382. The van der Waals surface area contributed by atoms with Gasteiger partial charge in [0.15, 0.2) is 0 Å². The van der Waals surface area contributed by atoms with Crippen molar-refractivity contribution in [3.8, 4) is 0 Å². The lowest BCUT2D eigenvalue weighted by atomic mass is 10.3. The van der Waals surface area contributed by atoms with Gasteiger partial charge in [0, 0.05) is 26.8 Å². The SMILES string of the molecule is CN(C)NS(=O)(=O)c1cccnc1CN. The molecule has 0 amide bonds. The molecular formula is C8H14N4O2S. The zero-order valence-electron chi connectivity index (χ0n) is 8.64. The molecule has 0 radical (unpaired) electrons. The molecule has 0 saturated heterocycles. The fraction of sp³-hybridized carbons (Fsp3) is 0.375. The van der Waals surface area contributed by atoms with Crippen molar-refractivity contribution in [2.24, 2.45) is 5.73 Å². The van der Waals surface area contributed by atoms with Crippen LogP contribution in [0.15, 0.2) is 23.2 Å². The molecule has 1 aromatic rings. The second-order valence-electron chi connectivity index (χ2n) is 3.14. The van der Waals surface area contributed by atoms with E-state index in [0.29, 0.717) is 5.69 Å². The Morgan fingerprint density at radius 1 is 1.53 bits per heavy atom. The quantitative estimate of drug-likeness (QED) is 0.667. The molecule has 15 heavy (non-hydrogen) atoms. The van der Waals surface area contributed by atoms with Crippen LogP contribution in [0.25, 0.3) is 0 Å². The second kappa shape index (κ2) is 4.67. The molecule has 0 aliphatic heterocycles. The molecule has 6 nitrogen and oxygen atoms in total. The van der Waals surface area contributed by atoms with Crippen LogP contribution in [0.1, 0.15) is 5.69 Å². The van der Waals surface area contributed by atoms with Gasteiger partial charge in [-0.05, 0) is 12.1 Å². The van der Waals surface area contributed by atoms with E-state index in [4.69, 9.17) is 5.73 Å². The highest BCUT2D eigenvalue weighted by Crippen LogP contribution is 2.11. The van der Waals surface area contributed by atoms with Crippen LogP contribution in [-0.2, 0) is 16.6 Å². The van der Waals surface area contributed by atoms with Crippen LogP contribution in [0.3, 0.4) is 0 Å². The summed E-state index contributed by atoms with van der Waals surface area (Å²) < 4.78 is 23.5. The van der Waals surface area contributed by atoms with Gasteiger partial charge in [0.25, 0.3) is 10.0 Å². The maximum Gasteiger partial charge on any atom is 0.255 e. The van der Waals surface area contributed by atoms with E-state index >= 15 is 0 Å². The number of hydrogen-bond acceptors (Lipinski definition) is 5. The van der Waals surface area contributed by atoms with Gasteiger partial charge in [0.05, 0.1) is 5.69 Å². The van der Waals surface area contributed by atoms with Crippen molar-refractivity contribution in [2.75, 3.05) is 14.1 Å². The van der Waals surface area contributed by atoms with Gasteiger partial charge in [0.2, 0.25) is 0 Å². The Labute approximate surface area is 89.1 Å². The predicted octanol–water partition coefficient (Wildman–Crippen LogP) is -0.705. The molecule has 0 bridgehead atoms. The fourth-order valence-electron chi connectivity index (χ4n) is 1.11. The van der Waals surface area contributed by atoms with E-state index in [2.05, 4.69) is 9.82 Å². The molecule has 84 valence electrons. The van der Waals surface area contributed by atoms with E-state index in [1.807, 2.05) is 0 Å². The summed E-state index contributed by atoms with van der Waals surface area (Å²) in [4.78, 5) is 6.34. The fourth-order valence-corrected chi connectivity index (χ4v) is 2.39. The van der Waals surface area contributed by atoms with Crippen LogP contribution >= 0.6 is 0 Å². The second-order valence-corrected chi connectivity index (χ2v) is 4.77. The van der Waals surface area contributed by atoms with E-state index in [1.54, 1.807) is 20.2 Å². The maximum atomic E-state index is 11.8. The smallest absolute Gasteiger partial charge is 0.255 e. The van der Waals surface area contributed by atoms with E-state index in [1.165, 1.54) is 17.3 Å². The van der Waals surface area contributed by atoms with E-state index in [9.17, 15) is 8.42 Å². The minimum Gasteiger partial charge on any atom is -0.325 e. The Morgan fingerprint density at radius 2 is 2.20 bits per heavy atom. The van der Waals surface area contributed by atoms with Crippen LogP contribution in [0, 0.1) is 0 Å². The Kier molecular flexibility index (Phi) is 3.75. The van der Waals surface area contributed by atoms with Crippen molar-refractivity contribution in [2.45, 2.75) is 11.4 Å². The number of nitrogens with two attached hydrogens (primary N) is 1. The van der Waals surface area contributed by atoms with E-state index in [-0.39, 0.29) is 11.4 Å². The summed E-state index contributed by atoms with van der Waals surface area (Å²) in [6.07, 6.45) is 1.51. The van der Waals surface area contributed by atoms with Gasteiger partial charge in [-0.15, -0.1) is 4.83 Å². The van der Waals surface area contributed by atoms with Gasteiger partial charge in [-0.3, -0.25) is 4.98 Å². The highest BCUT2D eigenvalue weighted by atomic mass is 32.2. The number of aromatic nitrogens is 1. The Bertz CT molecular complexity index is 430. The minimum absolute atomic E-state index is 0.0878. The first-order chi connectivity index (χ1) is 6.97. The third-order valence-electron chi connectivity index (χ3n) is 1.63. The largest absolute Gasteiger partial charge is 0.325 e.